The molecule has 0 radical (unpaired) electrons. The number of hydrogen-bond donors (Lipinski definition) is 0. The molecule has 3 heterocycles. The van der Waals surface area contributed by atoms with Gasteiger partial charge in [-0.25, -0.2) is 0 Å². The van der Waals surface area contributed by atoms with Crippen molar-refractivity contribution in [1.29, 1.82) is 0 Å². The molecule has 0 bridgehead atoms. The third-order valence-electron chi connectivity index (χ3n) is 8.20. The standard InChI is InChI=1S/C33H53BrOS2/c1-3-5-7-9-11-13-15-17-19-21-24-33(25-22-20-18-16-14-12-10-8-6-4-2)28-27-30(34)37-31(28)32-29(35-33)23-26-36-32/h23,26-27H,3-22,24-25H2,1-2H3. The Kier molecular flexibility index (Phi) is 15.3. The van der Waals surface area contributed by atoms with E-state index in [0.29, 0.717) is 0 Å². The SMILES string of the molecule is CCCCCCCCCCCCC1(CCCCCCCCCCCC)Oc2ccsc2-c2sc(Br)cc21. The minimum Gasteiger partial charge on any atom is -0.481 e. The van der Waals surface area contributed by atoms with E-state index >= 15 is 0 Å². The van der Waals surface area contributed by atoms with Gasteiger partial charge in [0.2, 0.25) is 0 Å². The van der Waals surface area contributed by atoms with Crippen LogP contribution in [0.4, 0.5) is 0 Å². The zero-order valence-electron chi connectivity index (χ0n) is 23.9. The molecule has 0 saturated heterocycles. The van der Waals surface area contributed by atoms with Crippen LogP contribution in [0.25, 0.3) is 9.75 Å². The van der Waals surface area contributed by atoms with E-state index in [4.69, 9.17) is 4.74 Å². The number of halogens is 1. The topological polar surface area (TPSA) is 9.23 Å². The summed E-state index contributed by atoms with van der Waals surface area (Å²) in [7, 11) is 0. The Morgan fingerprint density at radius 2 is 1.11 bits per heavy atom. The lowest BCUT2D eigenvalue weighted by atomic mass is 9.81. The van der Waals surface area contributed by atoms with E-state index in [0.717, 1.165) is 18.6 Å². The molecule has 0 N–H and O–H groups in total. The third-order valence-corrected chi connectivity index (χ3v) is 10.9. The summed E-state index contributed by atoms with van der Waals surface area (Å²) in [6.07, 6.45) is 30.1. The van der Waals surface area contributed by atoms with Gasteiger partial charge >= 0.3 is 0 Å². The number of unbranched alkanes of at least 4 members (excludes halogenated alkanes) is 18. The Labute approximate surface area is 245 Å². The van der Waals surface area contributed by atoms with Gasteiger partial charge in [-0.15, -0.1) is 22.7 Å². The molecular formula is C33H53BrOS2. The Morgan fingerprint density at radius 3 is 1.59 bits per heavy atom. The molecule has 1 nitrogen and oxygen atoms in total. The van der Waals surface area contributed by atoms with Gasteiger partial charge in [-0.2, -0.15) is 0 Å². The number of hydrogen-bond acceptors (Lipinski definition) is 3. The fraction of sp³-hybridized carbons (Fsp3) is 0.758. The van der Waals surface area contributed by atoms with Crippen LogP contribution >= 0.6 is 38.6 Å². The van der Waals surface area contributed by atoms with Gasteiger partial charge < -0.3 is 4.74 Å². The molecule has 0 atom stereocenters. The van der Waals surface area contributed by atoms with Crippen molar-refractivity contribution < 1.29 is 4.74 Å². The predicted octanol–water partition coefficient (Wildman–Crippen LogP) is 13.4. The van der Waals surface area contributed by atoms with Gasteiger partial charge in [-0.1, -0.05) is 129 Å². The summed E-state index contributed by atoms with van der Waals surface area (Å²) in [5.74, 6) is 1.13. The van der Waals surface area contributed by atoms with Gasteiger partial charge in [-0.3, -0.25) is 0 Å². The van der Waals surface area contributed by atoms with Crippen molar-refractivity contribution in [2.75, 3.05) is 0 Å². The molecule has 0 spiro atoms. The van der Waals surface area contributed by atoms with Crippen LogP contribution in [-0.4, -0.2) is 0 Å². The monoisotopic (exact) mass is 608 g/mol. The summed E-state index contributed by atoms with van der Waals surface area (Å²) >= 11 is 7.56. The minimum atomic E-state index is -0.133. The first-order valence-electron chi connectivity index (χ1n) is 15.8. The van der Waals surface area contributed by atoms with E-state index in [9.17, 15) is 0 Å². The summed E-state index contributed by atoms with van der Waals surface area (Å²) in [5, 5.41) is 2.21. The molecule has 37 heavy (non-hydrogen) atoms. The second-order valence-electron chi connectivity index (χ2n) is 11.4. The summed E-state index contributed by atoms with van der Waals surface area (Å²) in [4.78, 5) is 2.80. The number of ether oxygens (including phenoxy) is 1. The Morgan fingerprint density at radius 1 is 0.649 bits per heavy atom. The Hall–Kier alpha value is -0.320. The van der Waals surface area contributed by atoms with Crippen molar-refractivity contribution in [3.63, 3.8) is 0 Å². The van der Waals surface area contributed by atoms with Gasteiger partial charge in [0.15, 0.2) is 0 Å². The van der Waals surface area contributed by atoms with Crippen LogP contribution in [0, 0.1) is 0 Å². The van der Waals surface area contributed by atoms with Gasteiger partial charge in [0.25, 0.3) is 0 Å². The fourth-order valence-corrected chi connectivity index (χ4v) is 8.64. The highest BCUT2D eigenvalue weighted by Crippen LogP contribution is 2.55. The molecule has 0 unspecified atom stereocenters. The second kappa shape index (κ2) is 18.1. The van der Waals surface area contributed by atoms with Crippen molar-refractivity contribution >= 4 is 38.6 Å². The quantitative estimate of drug-likeness (QED) is 0.121. The van der Waals surface area contributed by atoms with Gasteiger partial charge in [0.05, 0.1) is 13.5 Å². The molecule has 0 amide bonds. The molecule has 2 aromatic rings. The second-order valence-corrected chi connectivity index (χ2v) is 14.7. The summed E-state index contributed by atoms with van der Waals surface area (Å²) in [6.45, 7) is 4.60. The largest absolute Gasteiger partial charge is 0.481 e. The van der Waals surface area contributed by atoms with E-state index in [2.05, 4.69) is 47.3 Å². The smallest absolute Gasteiger partial charge is 0.140 e. The molecule has 3 rings (SSSR count). The maximum absolute atomic E-state index is 6.96. The van der Waals surface area contributed by atoms with Crippen LogP contribution < -0.4 is 4.74 Å². The zero-order valence-corrected chi connectivity index (χ0v) is 27.1. The van der Waals surface area contributed by atoms with E-state index in [1.165, 1.54) is 148 Å². The van der Waals surface area contributed by atoms with Crippen molar-refractivity contribution in [1.82, 2.24) is 0 Å². The molecule has 2 aromatic heterocycles. The molecule has 1 aliphatic rings. The highest BCUT2D eigenvalue weighted by atomic mass is 79.9. The molecular weight excluding hydrogens is 556 g/mol. The van der Waals surface area contributed by atoms with Gasteiger partial charge in [-0.05, 0) is 59.1 Å². The lowest BCUT2D eigenvalue weighted by Gasteiger charge is -2.38. The minimum absolute atomic E-state index is 0.133. The normalized spacial score (nSPS) is 13.9. The summed E-state index contributed by atoms with van der Waals surface area (Å²) in [6, 6.07) is 4.59. The van der Waals surface area contributed by atoms with E-state index < -0.39 is 0 Å². The zero-order chi connectivity index (χ0) is 26.2. The highest BCUT2D eigenvalue weighted by Gasteiger charge is 2.42. The van der Waals surface area contributed by atoms with Crippen LogP contribution in [0.1, 0.15) is 161 Å². The maximum Gasteiger partial charge on any atom is 0.140 e. The molecule has 0 fully saturated rings. The first-order chi connectivity index (χ1) is 18.2. The van der Waals surface area contributed by atoms with Crippen LogP contribution in [-0.2, 0) is 5.60 Å². The predicted molar refractivity (Wildman–Crippen MR) is 171 cm³/mol. The number of rotatable bonds is 22. The lowest BCUT2D eigenvalue weighted by molar-refractivity contribution is 0.0397. The molecule has 210 valence electrons. The van der Waals surface area contributed by atoms with Crippen LogP contribution in [0.5, 0.6) is 5.75 Å². The third kappa shape index (κ3) is 10.3. The summed E-state index contributed by atoms with van der Waals surface area (Å²) < 4.78 is 8.21. The maximum atomic E-state index is 6.96. The Balaban J connectivity index is 1.47. The van der Waals surface area contributed by atoms with E-state index in [1.807, 2.05) is 22.7 Å². The molecule has 4 heteroatoms. The number of thiophene rings is 2. The van der Waals surface area contributed by atoms with Crippen molar-refractivity contribution in [3.8, 4) is 15.5 Å². The first-order valence-corrected chi connectivity index (χ1v) is 18.3. The molecule has 0 saturated carbocycles. The first kappa shape index (κ1) is 31.2. The average molecular weight is 610 g/mol. The van der Waals surface area contributed by atoms with Crippen LogP contribution in [0.15, 0.2) is 21.3 Å². The van der Waals surface area contributed by atoms with Crippen molar-refractivity contribution in [2.24, 2.45) is 0 Å². The fourth-order valence-electron chi connectivity index (χ4n) is 5.97. The molecule has 1 aliphatic heterocycles. The molecule has 0 aliphatic carbocycles. The summed E-state index contributed by atoms with van der Waals surface area (Å²) in [5.41, 5.74) is 1.33. The number of fused-ring (bicyclic) bond motifs is 3. The van der Waals surface area contributed by atoms with E-state index in [-0.39, 0.29) is 5.60 Å². The lowest BCUT2D eigenvalue weighted by Crippen LogP contribution is -2.35. The Bertz CT molecular complexity index is 830. The molecule has 0 aromatic carbocycles. The van der Waals surface area contributed by atoms with Crippen LogP contribution in [0.2, 0.25) is 0 Å². The van der Waals surface area contributed by atoms with E-state index in [1.54, 1.807) is 0 Å². The van der Waals surface area contributed by atoms with Gasteiger partial charge in [0.1, 0.15) is 11.4 Å². The highest BCUT2D eigenvalue weighted by molar-refractivity contribution is 9.11. The van der Waals surface area contributed by atoms with Crippen LogP contribution in [0.3, 0.4) is 0 Å². The van der Waals surface area contributed by atoms with Crippen molar-refractivity contribution in [2.45, 2.75) is 161 Å². The van der Waals surface area contributed by atoms with Gasteiger partial charge in [0, 0.05) is 5.56 Å². The van der Waals surface area contributed by atoms with Crippen molar-refractivity contribution in [3.05, 3.63) is 26.9 Å². The average Bonchev–Trinajstić information content (AvgIpc) is 3.52.